The lowest BCUT2D eigenvalue weighted by Crippen LogP contribution is -2.52. The summed E-state index contributed by atoms with van der Waals surface area (Å²) in [4.78, 5) is 36.5. The SMILES string of the molecule is CCCCCCCC(=O)NN(C(=O)OC(C)(C)C)C(=O)OC(C)(C)C. The minimum Gasteiger partial charge on any atom is -0.442 e. The van der Waals surface area contributed by atoms with Crippen LogP contribution in [-0.4, -0.2) is 34.3 Å². The van der Waals surface area contributed by atoms with Crippen LogP contribution in [0.4, 0.5) is 9.59 Å². The van der Waals surface area contributed by atoms with Crippen LogP contribution in [0.2, 0.25) is 0 Å². The molecular weight excluding hydrogens is 324 g/mol. The molecule has 0 bridgehead atoms. The maximum Gasteiger partial charge on any atom is 0.439 e. The number of unbranched alkanes of at least 4 members (excludes halogenated alkanes) is 4. The lowest BCUT2D eigenvalue weighted by molar-refractivity contribution is -0.126. The normalized spacial score (nSPS) is 11.6. The first-order valence-corrected chi connectivity index (χ1v) is 8.91. The monoisotopic (exact) mass is 358 g/mol. The Balaban J connectivity index is 4.80. The van der Waals surface area contributed by atoms with Gasteiger partial charge in [-0.3, -0.25) is 10.2 Å². The second-order valence-electron chi connectivity index (χ2n) is 8.00. The van der Waals surface area contributed by atoms with Crippen molar-refractivity contribution in [3.8, 4) is 0 Å². The fraction of sp³-hybridized carbons (Fsp3) is 0.833. The molecule has 0 rings (SSSR count). The van der Waals surface area contributed by atoms with Crippen molar-refractivity contribution in [2.45, 2.75) is 98.2 Å². The zero-order chi connectivity index (χ0) is 19.7. The molecule has 0 radical (unpaired) electrons. The lowest BCUT2D eigenvalue weighted by atomic mass is 10.1. The molecule has 0 heterocycles. The van der Waals surface area contributed by atoms with Gasteiger partial charge in [0, 0.05) is 6.42 Å². The molecule has 146 valence electrons. The Morgan fingerprint density at radius 1 is 0.800 bits per heavy atom. The molecule has 25 heavy (non-hydrogen) atoms. The molecule has 0 aromatic rings. The van der Waals surface area contributed by atoms with Crippen LogP contribution in [0.25, 0.3) is 0 Å². The van der Waals surface area contributed by atoms with Crippen molar-refractivity contribution in [1.29, 1.82) is 0 Å². The van der Waals surface area contributed by atoms with Gasteiger partial charge in [-0.1, -0.05) is 32.6 Å². The number of ether oxygens (including phenoxy) is 2. The smallest absolute Gasteiger partial charge is 0.439 e. The van der Waals surface area contributed by atoms with E-state index in [2.05, 4.69) is 12.3 Å². The van der Waals surface area contributed by atoms with Gasteiger partial charge < -0.3 is 9.47 Å². The maximum absolute atomic E-state index is 12.2. The molecule has 0 aliphatic carbocycles. The van der Waals surface area contributed by atoms with Crippen LogP contribution in [-0.2, 0) is 14.3 Å². The van der Waals surface area contributed by atoms with Crippen LogP contribution >= 0.6 is 0 Å². The number of carbonyl (C=O) groups is 3. The molecule has 0 saturated carbocycles. The molecule has 0 saturated heterocycles. The number of carbonyl (C=O) groups excluding carboxylic acids is 3. The topological polar surface area (TPSA) is 84.9 Å². The molecule has 0 aliphatic rings. The molecule has 0 aromatic carbocycles. The van der Waals surface area contributed by atoms with Gasteiger partial charge in [-0.15, -0.1) is 5.01 Å². The average Bonchev–Trinajstić information content (AvgIpc) is 2.40. The number of nitrogens with one attached hydrogen (secondary N) is 1. The Morgan fingerprint density at radius 2 is 1.24 bits per heavy atom. The number of hydrazine groups is 1. The Kier molecular flexibility index (Phi) is 9.52. The van der Waals surface area contributed by atoms with Gasteiger partial charge in [0.05, 0.1) is 0 Å². The molecule has 0 unspecified atom stereocenters. The standard InChI is InChI=1S/C18H34N2O5/c1-8-9-10-11-12-13-14(21)19-20(15(22)24-17(2,3)4)16(23)25-18(5,6)7/h8-13H2,1-7H3,(H,19,21). The number of imide groups is 1. The summed E-state index contributed by atoms with van der Waals surface area (Å²) in [5.41, 5.74) is 0.691. The van der Waals surface area contributed by atoms with Crippen LogP contribution in [0.5, 0.6) is 0 Å². The molecule has 0 aliphatic heterocycles. The molecule has 0 aromatic heterocycles. The van der Waals surface area contributed by atoms with E-state index in [4.69, 9.17) is 9.47 Å². The molecule has 7 heteroatoms. The van der Waals surface area contributed by atoms with Crippen LogP contribution in [0.1, 0.15) is 87.0 Å². The maximum atomic E-state index is 12.2. The molecule has 3 amide bonds. The highest BCUT2D eigenvalue weighted by atomic mass is 16.6. The largest absolute Gasteiger partial charge is 0.442 e. The van der Waals surface area contributed by atoms with Crippen molar-refractivity contribution in [3.63, 3.8) is 0 Å². The molecule has 0 spiro atoms. The lowest BCUT2D eigenvalue weighted by Gasteiger charge is -2.28. The summed E-state index contributed by atoms with van der Waals surface area (Å²) in [7, 11) is 0. The zero-order valence-corrected chi connectivity index (χ0v) is 16.7. The highest BCUT2D eigenvalue weighted by Crippen LogP contribution is 2.13. The van der Waals surface area contributed by atoms with Gasteiger partial charge in [-0.05, 0) is 48.0 Å². The van der Waals surface area contributed by atoms with E-state index in [1.54, 1.807) is 41.5 Å². The molecule has 1 N–H and O–H groups in total. The summed E-state index contributed by atoms with van der Waals surface area (Å²) in [6.45, 7) is 12.2. The number of hydrogen-bond acceptors (Lipinski definition) is 5. The minimum absolute atomic E-state index is 0.228. The summed E-state index contributed by atoms with van der Waals surface area (Å²) in [6.07, 6.45) is 3.22. The first-order chi connectivity index (χ1) is 11.4. The van der Waals surface area contributed by atoms with E-state index in [0.717, 1.165) is 25.7 Å². The Bertz CT molecular complexity index is 421. The fourth-order valence-electron chi connectivity index (χ4n) is 1.85. The Labute approximate surface area is 151 Å². The van der Waals surface area contributed by atoms with Gasteiger partial charge in [0.25, 0.3) is 0 Å². The van der Waals surface area contributed by atoms with Crippen LogP contribution < -0.4 is 5.43 Å². The van der Waals surface area contributed by atoms with Crippen molar-refractivity contribution < 1.29 is 23.9 Å². The van der Waals surface area contributed by atoms with E-state index >= 15 is 0 Å². The quantitative estimate of drug-likeness (QED) is 0.556. The summed E-state index contributed by atoms with van der Waals surface area (Å²) in [6, 6.07) is 0. The van der Waals surface area contributed by atoms with Crippen LogP contribution in [0, 0.1) is 0 Å². The number of amides is 3. The van der Waals surface area contributed by atoms with Gasteiger partial charge in [-0.2, -0.15) is 0 Å². The van der Waals surface area contributed by atoms with Crippen molar-refractivity contribution in [1.82, 2.24) is 10.4 Å². The number of hydrogen-bond donors (Lipinski definition) is 1. The number of nitrogens with zero attached hydrogens (tertiary/aromatic N) is 1. The van der Waals surface area contributed by atoms with Gasteiger partial charge in [-0.25, -0.2) is 9.59 Å². The Hall–Kier alpha value is -1.79. The summed E-state index contributed by atoms with van der Waals surface area (Å²) >= 11 is 0. The molecule has 0 fully saturated rings. The summed E-state index contributed by atoms with van der Waals surface area (Å²) in [5, 5.41) is 0.505. The minimum atomic E-state index is -0.971. The third kappa shape index (κ3) is 12.3. The predicted octanol–water partition coefficient (Wildman–Crippen LogP) is 4.55. The highest BCUT2D eigenvalue weighted by Gasteiger charge is 2.32. The van der Waals surface area contributed by atoms with Crippen molar-refractivity contribution in [2.24, 2.45) is 0 Å². The third-order valence-corrected chi connectivity index (χ3v) is 2.90. The van der Waals surface area contributed by atoms with Crippen LogP contribution in [0.3, 0.4) is 0 Å². The fourth-order valence-corrected chi connectivity index (χ4v) is 1.85. The molecule has 0 atom stereocenters. The van der Waals surface area contributed by atoms with Gasteiger partial charge in [0.15, 0.2) is 0 Å². The van der Waals surface area contributed by atoms with Crippen molar-refractivity contribution >= 4 is 18.1 Å². The van der Waals surface area contributed by atoms with E-state index in [9.17, 15) is 14.4 Å². The second kappa shape index (κ2) is 10.3. The second-order valence-corrected chi connectivity index (χ2v) is 8.00. The Morgan fingerprint density at radius 3 is 1.64 bits per heavy atom. The van der Waals surface area contributed by atoms with Crippen molar-refractivity contribution in [2.75, 3.05) is 0 Å². The van der Waals surface area contributed by atoms with E-state index < -0.39 is 29.3 Å². The van der Waals surface area contributed by atoms with E-state index in [0.29, 0.717) is 11.4 Å². The highest BCUT2D eigenvalue weighted by molar-refractivity contribution is 5.91. The average molecular weight is 358 g/mol. The third-order valence-electron chi connectivity index (χ3n) is 2.90. The molecule has 7 nitrogen and oxygen atoms in total. The summed E-state index contributed by atoms with van der Waals surface area (Å²) < 4.78 is 10.3. The van der Waals surface area contributed by atoms with Crippen LogP contribution in [0.15, 0.2) is 0 Å². The van der Waals surface area contributed by atoms with E-state index in [1.807, 2.05) is 0 Å². The van der Waals surface area contributed by atoms with Gasteiger partial charge >= 0.3 is 12.2 Å². The van der Waals surface area contributed by atoms with Gasteiger partial charge in [0.2, 0.25) is 5.91 Å². The molecular formula is C18H34N2O5. The first-order valence-electron chi connectivity index (χ1n) is 8.91. The van der Waals surface area contributed by atoms with Gasteiger partial charge in [0.1, 0.15) is 11.2 Å². The summed E-state index contributed by atoms with van der Waals surface area (Å²) in [5.74, 6) is -0.423. The van der Waals surface area contributed by atoms with Crippen molar-refractivity contribution in [3.05, 3.63) is 0 Å². The zero-order valence-electron chi connectivity index (χ0n) is 16.7. The van der Waals surface area contributed by atoms with E-state index in [-0.39, 0.29) is 6.42 Å². The van der Waals surface area contributed by atoms with E-state index in [1.165, 1.54) is 0 Å². The predicted molar refractivity (Wildman–Crippen MR) is 95.8 cm³/mol. The number of rotatable bonds is 6. The first kappa shape index (κ1) is 23.2.